The van der Waals surface area contributed by atoms with Crippen molar-refractivity contribution in [1.82, 2.24) is 9.97 Å². The third kappa shape index (κ3) is 9.14. The maximum atomic E-state index is 11.4. The molecule has 124 valence electrons. The second-order valence-electron chi connectivity index (χ2n) is 5.36. The molecule has 0 spiro atoms. The van der Waals surface area contributed by atoms with Gasteiger partial charge in [-0.2, -0.15) is 0 Å². The Morgan fingerprint density at radius 3 is 2.09 bits per heavy atom. The van der Waals surface area contributed by atoms with E-state index in [-0.39, 0.29) is 0 Å². The number of nitrogens with one attached hydrogen (secondary N) is 1. The Morgan fingerprint density at radius 2 is 1.65 bits per heavy atom. The van der Waals surface area contributed by atoms with E-state index >= 15 is 0 Å². The van der Waals surface area contributed by atoms with Crippen molar-refractivity contribution in [3.05, 3.63) is 45.6 Å². The minimum Gasteiger partial charge on any atom is -0.444 e. The van der Waals surface area contributed by atoms with Crippen LogP contribution in [0.2, 0.25) is 0 Å². The Morgan fingerprint density at radius 1 is 1.09 bits per heavy atom. The Hall–Kier alpha value is -1.67. The lowest BCUT2D eigenvalue weighted by Gasteiger charge is -2.19. The topological polar surface area (TPSA) is 90.1 Å². The van der Waals surface area contributed by atoms with Crippen LogP contribution >= 0.6 is 31.9 Å². The largest absolute Gasteiger partial charge is 0.444 e. The number of nitrogen functional groups attached to an aromatic ring is 1. The Labute approximate surface area is 152 Å². The highest BCUT2D eigenvalue weighted by atomic mass is 79.9. The van der Waals surface area contributed by atoms with E-state index in [4.69, 9.17) is 10.5 Å². The number of aromatic nitrogens is 2. The van der Waals surface area contributed by atoms with E-state index < -0.39 is 11.7 Å². The van der Waals surface area contributed by atoms with E-state index in [1.807, 2.05) is 12.1 Å². The zero-order valence-electron chi connectivity index (χ0n) is 13.0. The first-order chi connectivity index (χ1) is 10.7. The van der Waals surface area contributed by atoms with Crippen LogP contribution < -0.4 is 11.1 Å². The molecule has 2 aromatic heterocycles. The molecule has 0 aromatic carbocycles. The fourth-order valence-electron chi connectivity index (χ4n) is 1.31. The summed E-state index contributed by atoms with van der Waals surface area (Å²) in [5, 5.41) is 2.54. The summed E-state index contributed by atoms with van der Waals surface area (Å²) in [7, 11) is 0. The summed E-state index contributed by atoms with van der Waals surface area (Å²) in [6, 6.07) is 10.7. The number of hydrogen-bond donors (Lipinski definition) is 2. The van der Waals surface area contributed by atoms with Gasteiger partial charge in [-0.3, -0.25) is 5.32 Å². The summed E-state index contributed by atoms with van der Waals surface area (Å²) in [5.41, 5.74) is 4.81. The molecule has 0 fully saturated rings. The van der Waals surface area contributed by atoms with Crippen molar-refractivity contribution in [2.45, 2.75) is 26.4 Å². The summed E-state index contributed by atoms with van der Waals surface area (Å²) in [6.07, 6.45) is -0.506. The molecule has 0 aliphatic rings. The first-order valence-corrected chi connectivity index (χ1v) is 8.25. The summed E-state index contributed by atoms with van der Waals surface area (Å²) < 4.78 is 6.51. The number of nitrogens with two attached hydrogens (primary N) is 1. The van der Waals surface area contributed by atoms with Crippen molar-refractivity contribution >= 4 is 49.6 Å². The molecule has 8 heteroatoms. The number of carbonyl (C=O) groups is 1. The molecule has 0 aliphatic carbocycles. The van der Waals surface area contributed by atoms with Crippen LogP contribution in [0, 0.1) is 0 Å². The zero-order valence-corrected chi connectivity index (χ0v) is 16.2. The van der Waals surface area contributed by atoms with Crippen molar-refractivity contribution in [2.75, 3.05) is 11.1 Å². The molecule has 23 heavy (non-hydrogen) atoms. The van der Waals surface area contributed by atoms with E-state index in [9.17, 15) is 4.79 Å². The molecular weight excluding hydrogens is 428 g/mol. The maximum Gasteiger partial charge on any atom is 0.413 e. The SMILES string of the molecule is CC(C)(C)OC(=O)Nc1cccc(Br)n1.Nc1cccc(Br)n1. The van der Waals surface area contributed by atoms with Gasteiger partial charge in [0.25, 0.3) is 0 Å². The number of hydrogen-bond acceptors (Lipinski definition) is 5. The summed E-state index contributed by atoms with van der Waals surface area (Å²) in [4.78, 5) is 19.3. The number of rotatable bonds is 1. The number of carbonyl (C=O) groups excluding carboxylic acids is 1. The molecule has 1 amide bonds. The normalized spacial score (nSPS) is 10.3. The van der Waals surface area contributed by atoms with Crippen molar-refractivity contribution < 1.29 is 9.53 Å². The van der Waals surface area contributed by atoms with Crippen LogP contribution in [0.25, 0.3) is 0 Å². The number of halogens is 2. The van der Waals surface area contributed by atoms with Gasteiger partial charge < -0.3 is 10.5 Å². The second kappa shape index (κ2) is 8.83. The molecule has 2 heterocycles. The lowest BCUT2D eigenvalue weighted by molar-refractivity contribution is 0.0635. The van der Waals surface area contributed by atoms with E-state index in [0.29, 0.717) is 16.2 Å². The average Bonchev–Trinajstić information content (AvgIpc) is 2.36. The van der Waals surface area contributed by atoms with Crippen LogP contribution in [-0.4, -0.2) is 21.7 Å². The number of anilines is 2. The molecule has 0 aliphatic heterocycles. The summed E-state index contributed by atoms with van der Waals surface area (Å²) in [5.74, 6) is 0.998. The van der Waals surface area contributed by atoms with Gasteiger partial charge in [0.15, 0.2) is 0 Å². The number of pyridine rings is 2. The highest BCUT2D eigenvalue weighted by Crippen LogP contribution is 2.12. The van der Waals surface area contributed by atoms with Gasteiger partial charge in [0.2, 0.25) is 0 Å². The number of amides is 1. The van der Waals surface area contributed by atoms with Gasteiger partial charge >= 0.3 is 6.09 Å². The van der Waals surface area contributed by atoms with Gasteiger partial charge in [0, 0.05) is 0 Å². The van der Waals surface area contributed by atoms with Gasteiger partial charge in [0.1, 0.15) is 26.4 Å². The van der Waals surface area contributed by atoms with Crippen molar-refractivity contribution in [3.8, 4) is 0 Å². The zero-order chi connectivity index (χ0) is 17.5. The number of ether oxygens (including phenoxy) is 1. The molecule has 6 nitrogen and oxygen atoms in total. The third-order valence-corrected chi connectivity index (χ3v) is 2.96. The highest BCUT2D eigenvalue weighted by Gasteiger charge is 2.16. The van der Waals surface area contributed by atoms with Gasteiger partial charge in [-0.1, -0.05) is 12.1 Å². The third-order valence-electron chi connectivity index (χ3n) is 2.08. The molecule has 3 N–H and O–H groups in total. The van der Waals surface area contributed by atoms with E-state index in [1.54, 1.807) is 45.0 Å². The van der Waals surface area contributed by atoms with Crippen LogP contribution in [0.15, 0.2) is 45.6 Å². The van der Waals surface area contributed by atoms with Crippen LogP contribution in [-0.2, 0) is 4.74 Å². The molecule has 0 saturated carbocycles. The quantitative estimate of drug-likeness (QED) is 0.625. The van der Waals surface area contributed by atoms with E-state index in [0.717, 1.165) is 4.60 Å². The molecule has 0 unspecified atom stereocenters. The van der Waals surface area contributed by atoms with Crippen molar-refractivity contribution in [3.63, 3.8) is 0 Å². The molecule has 0 saturated heterocycles. The monoisotopic (exact) mass is 444 g/mol. The molecule has 2 aromatic rings. The Balaban J connectivity index is 0.000000277. The molecule has 0 bridgehead atoms. The van der Waals surface area contributed by atoms with Crippen LogP contribution in [0.5, 0.6) is 0 Å². The maximum absolute atomic E-state index is 11.4. The van der Waals surface area contributed by atoms with Crippen LogP contribution in [0.4, 0.5) is 16.4 Å². The molecule has 0 atom stereocenters. The van der Waals surface area contributed by atoms with Crippen LogP contribution in [0.3, 0.4) is 0 Å². The minimum atomic E-state index is -0.506. The standard InChI is InChI=1S/C10H13BrN2O2.C5H5BrN2/c1-10(2,3)15-9(14)13-8-6-4-5-7(11)12-8;6-4-2-1-3-5(7)8-4/h4-6H,1-3H3,(H,12,13,14);1-3H,(H2,7,8). The fraction of sp³-hybridized carbons (Fsp3) is 0.267. The summed E-state index contributed by atoms with van der Waals surface area (Å²) >= 11 is 6.38. The minimum absolute atomic E-state index is 0.457. The van der Waals surface area contributed by atoms with Gasteiger partial charge in [0.05, 0.1) is 0 Å². The predicted octanol–water partition coefficient (Wildman–Crippen LogP) is 4.62. The predicted molar refractivity (Wildman–Crippen MR) is 98.1 cm³/mol. The van der Waals surface area contributed by atoms with Crippen molar-refractivity contribution in [2.24, 2.45) is 0 Å². The van der Waals surface area contributed by atoms with Crippen LogP contribution in [0.1, 0.15) is 20.8 Å². The average molecular weight is 446 g/mol. The summed E-state index contributed by atoms with van der Waals surface area (Å²) in [6.45, 7) is 5.42. The first kappa shape index (κ1) is 19.4. The number of nitrogens with zero attached hydrogens (tertiary/aromatic N) is 2. The van der Waals surface area contributed by atoms with E-state index in [1.165, 1.54) is 0 Å². The lowest BCUT2D eigenvalue weighted by atomic mass is 10.2. The fourth-order valence-corrected chi connectivity index (χ4v) is 2.01. The first-order valence-electron chi connectivity index (χ1n) is 6.66. The highest BCUT2D eigenvalue weighted by molar-refractivity contribution is 9.10. The van der Waals surface area contributed by atoms with E-state index in [2.05, 4.69) is 47.1 Å². The molecular formula is C15H18Br2N4O2. The second-order valence-corrected chi connectivity index (χ2v) is 6.98. The van der Waals surface area contributed by atoms with Gasteiger partial charge in [-0.05, 0) is 76.9 Å². The molecule has 2 rings (SSSR count). The smallest absolute Gasteiger partial charge is 0.413 e. The lowest BCUT2D eigenvalue weighted by Crippen LogP contribution is -2.27. The molecule has 0 radical (unpaired) electrons. The Bertz CT molecular complexity index is 643. The van der Waals surface area contributed by atoms with Gasteiger partial charge in [-0.15, -0.1) is 0 Å². The van der Waals surface area contributed by atoms with Gasteiger partial charge in [-0.25, -0.2) is 14.8 Å². The van der Waals surface area contributed by atoms with Crippen molar-refractivity contribution in [1.29, 1.82) is 0 Å². The Kier molecular flexibility index (Phi) is 7.44.